The fourth-order valence-electron chi connectivity index (χ4n) is 3.41. The number of nitrogens with one attached hydrogen (secondary N) is 3. The van der Waals surface area contributed by atoms with E-state index in [-0.39, 0.29) is 25.0 Å². The zero-order valence-corrected chi connectivity index (χ0v) is 18.3. The van der Waals surface area contributed by atoms with Gasteiger partial charge in [0.2, 0.25) is 11.8 Å². The average Bonchev–Trinajstić information content (AvgIpc) is 3.33. The molecule has 10 heteroatoms. The van der Waals surface area contributed by atoms with Crippen molar-refractivity contribution in [3.8, 4) is 5.75 Å². The molecular weight excluding hydrogens is 438 g/mol. The minimum absolute atomic E-state index is 0.00738. The highest BCUT2D eigenvalue weighted by molar-refractivity contribution is 5.92. The van der Waals surface area contributed by atoms with E-state index < -0.39 is 35.9 Å². The summed E-state index contributed by atoms with van der Waals surface area (Å²) in [6.07, 6.45) is 3.26. The second-order valence-electron chi connectivity index (χ2n) is 7.91. The number of hydrogen-bond donors (Lipinski definition) is 6. The minimum Gasteiger partial charge on any atom is -0.508 e. The molecule has 2 aromatic carbocycles. The Morgan fingerprint density at radius 1 is 0.882 bits per heavy atom. The van der Waals surface area contributed by atoms with E-state index in [1.807, 2.05) is 18.2 Å². The number of rotatable bonds is 11. The lowest BCUT2D eigenvalue weighted by Gasteiger charge is -2.23. The Bertz CT molecular complexity index is 1090. The van der Waals surface area contributed by atoms with Crippen molar-refractivity contribution in [1.29, 1.82) is 0 Å². The molecule has 0 aliphatic rings. The average molecular weight is 466 g/mol. The summed E-state index contributed by atoms with van der Waals surface area (Å²) < 4.78 is 0. The topological polar surface area (TPSA) is 170 Å². The number of nitrogens with two attached hydrogens (primary N) is 1. The zero-order valence-electron chi connectivity index (χ0n) is 18.3. The molecule has 0 saturated carbocycles. The molecule has 3 rings (SSSR count). The third-order valence-electron chi connectivity index (χ3n) is 5.24. The molecule has 178 valence electrons. The van der Waals surface area contributed by atoms with Crippen LogP contribution in [0.3, 0.4) is 0 Å². The molecule has 7 N–H and O–H groups in total. The summed E-state index contributed by atoms with van der Waals surface area (Å²) in [6, 6.07) is 12.2. The molecule has 3 aromatic rings. The van der Waals surface area contributed by atoms with Gasteiger partial charge in [0.25, 0.3) is 0 Å². The summed E-state index contributed by atoms with van der Waals surface area (Å²) in [5.74, 6) is -2.30. The number of carboxylic acids is 1. The van der Waals surface area contributed by atoms with Gasteiger partial charge in [-0.25, -0.2) is 9.78 Å². The Labute approximate surface area is 196 Å². The third kappa shape index (κ3) is 7.17. The number of carbonyl (C=O) groups is 3. The summed E-state index contributed by atoms with van der Waals surface area (Å²) >= 11 is 0. The molecule has 0 bridgehead atoms. The number of phenols is 1. The number of aromatic hydroxyl groups is 1. The summed E-state index contributed by atoms with van der Waals surface area (Å²) in [5.41, 5.74) is 8.14. The number of carboxylic acid groups (broad SMARTS) is 1. The van der Waals surface area contributed by atoms with Crippen LogP contribution in [-0.2, 0) is 33.6 Å². The maximum Gasteiger partial charge on any atom is 0.326 e. The first-order valence-corrected chi connectivity index (χ1v) is 10.7. The number of aliphatic carboxylic acids is 1. The lowest BCUT2D eigenvalue weighted by Crippen LogP contribution is -2.55. The molecule has 2 amide bonds. The van der Waals surface area contributed by atoms with E-state index >= 15 is 0 Å². The molecular formula is C24H27N5O5. The first-order valence-electron chi connectivity index (χ1n) is 10.7. The van der Waals surface area contributed by atoms with Gasteiger partial charge in [-0.3, -0.25) is 9.59 Å². The number of H-pyrrole nitrogens is 1. The zero-order chi connectivity index (χ0) is 24.5. The number of hydrogen-bond acceptors (Lipinski definition) is 6. The predicted molar refractivity (Wildman–Crippen MR) is 124 cm³/mol. The van der Waals surface area contributed by atoms with Crippen molar-refractivity contribution < 1.29 is 24.6 Å². The summed E-state index contributed by atoms with van der Waals surface area (Å²) in [5, 5.41) is 24.1. The smallest absolute Gasteiger partial charge is 0.326 e. The maximum absolute atomic E-state index is 13.1. The molecule has 0 spiro atoms. The first-order chi connectivity index (χ1) is 16.3. The van der Waals surface area contributed by atoms with Gasteiger partial charge in [0.1, 0.15) is 17.8 Å². The summed E-state index contributed by atoms with van der Waals surface area (Å²) in [7, 11) is 0. The van der Waals surface area contributed by atoms with Crippen LogP contribution in [-0.4, -0.2) is 56.1 Å². The first kappa shape index (κ1) is 24.5. The Morgan fingerprint density at radius 2 is 1.53 bits per heavy atom. The Hall–Kier alpha value is -4.18. The minimum atomic E-state index is -1.21. The Kier molecular flexibility index (Phi) is 8.36. The molecule has 0 saturated heterocycles. The largest absolute Gasteiger partial charge is 0.508 e. The van der Waals surface area contributed by atoms with Crippen LogP contribution < -0.4 is 16.4 Å². The van der Waals surface area contributed by atoms with E-state index in [0.29, 0.717) is 5.69 Å². The molecule has 1 aromatic heterocycles. The van der Waals surface area contributed by atoms with Crippen LogP contribution in [0.25, 0.3) is 0 Å². The van der Waals surface area contributed by atoms with Crippen LogP contribution in [0.4, 0.5) is 0 Å². The van der Waals surface area contributed by atoms with Crippen LogP contribution in [0.2, 0.25) is 0 Å². The van der Waals surface area contributed by atoms with E-state index in [4.69, 9.17) is 5.73 Å². The van der Waals surface area contributed by atoms with Gasteiger partial charge >= 0.3 is 5.97 Å². The normalized spacial score (nSPS) is 13.4. The number of phenolic OH excluding ortho intramolecular Hbond substituents is 1. The van der Waals surface area contributed by atoms with Gasteiger partial charge in [0.15, 0.2) is 0 Å². The lowest BCUT2D eigenvalue weighted by molar-refractivity contribution is -0.142. The number of amides is 2. The van der Waals surface area contributed by atoms with E-state index in [0.717, 1.165) is 11.1 Å². The van der Waals surface area contributed by atoms with Crippen molar-refractivity contribution in [1.82, 2.24) is 20.6 Å². The van der Waals surface area contributed by atoms with E-state index in [2.05, 4.69) is 20.6 Å². The Morgan fingerprint density at radius 3 is 2.15 bits per heavy atom. The highest BCUT2D eigenvalue weighted by Gasteiger charge is 2.28. The SMILES string of the molecule is N[C@@H](Cc1ccc(O)cc1)C(=O)N[C@@H](Cc1ccccc1)C(=O)N[C@@H](Cc1cnc[nH]1)C(=O)O. The van der Waals surface area contributed by atoms with Crippen LogP contribution in [0.15, 0.2) is 67.1 Å². The number of aromatic nitrogens is 2. The molecule has 0 aliphatic carbocycles. The van der Waals surface area contributed by atoms with E-state index in [9.17, 15) is 24.6 Å². The second kappa shape index (κ2) is 11.6. The highest BCUT2D eigenvalue weighted by atomic mass is 16.4. The van der Waals surface area contributed by atoms with Crippen molar-refractivity contribution in [2.45, 2.75) is 37.4 Å². The summed E-state index contributed by atoms with van der Waals surface area (Å²) in [4.78, 5) is 44.3. The van der Waals surface area contributed by atoms with Crippen LogP contribution in [0.5, 0.6) is 5.75 Å². The molecule has 0 radical (unpaired) electrons. The predicted octanol–water partition coefficient (Wildman–Crippen LogP) is 0.525. The number of aromatic amines is 1. The molecule has 0 unspecified atom stereocenters. The maximum atomic E-state index is 13.1. The quantitative estimate of drug-likeness (QED) is 0.240. The number of benzene rings is 2. The van der Waals surface area contributed by atoms with Crippen molar-refractivity contribution in [3.63, 3.8) is 0 Å². The fraction of sp³-hybridized carbons (Fsp3) is 0.250. The van der Waals surface area contributed by atoms with Crippen molar-refractivity contribution in [2.24, 2.45) is 5.73 Å². The number of imidazole rings is 1. The van der Waals surface area contributed by atoms with Gasteiger partial charge in [-0.05, 0) is 29.7 Å². The number of nitrogens with zero attached hydrogens (tertiary/aromatic N) is 1. The summed E-state index contributed by atoms with van der Waals surface area (Å²) in [6.45, 7) is 0. The van der Waals surface area contributed by atoms with Crippen LogP contribution in [0, 0.1) is 0 Å². The van der Waals surface area contributed by atoms with Gasteiger partial charge in [-0.1, -0.05) is 42.5 Å². The van der Waals surface area contributed by atoms with Crippen molar-refractivity contribution in [2.75, 3.05) is 0 Å². The van der Waals surface area contributed by atoms with Gasteiger partial charge in [0, 0.05) is 24.7 Å². The molecule has 0 aliphatic heterocycles. The van der Waals surface area contributed by atoms with Gasteiger partial charge in [0.05, 0.1) is 12.4 Å². The van der Waals surface area contributed by atoms with Gasteiger partial charge in [-0.2, -0.15) is 0 Å². The van der Waals surface area contributed by atoms with Crippen molar-refractivity contribution in [3.05, 3.63) is 83.9 Å². The van der Waals surface area contributed by atoms with Gasteiger partial charge < -0.3 is 31.6 Å². The van der Waals surface area contributed by atoms with E-state index in [1.54, 1.807) is 24.3 Å². The number of carbonyl (C=O) groups excluding carboxylic acids is 2. The fourth-order valence-corrected chi connectivity index (χ4v) is 3.41. The highest BCUT2D eigenvalue weighted by Crippen LogP contribution is 2.11. The van der Waals surface area contributed by atoms with E-state index in [1.165, 1.54) is 24.7 Å². The van der Waals surface area contributed by atoms with Crippen LogP contribution in [0.1, 0.15) is 16.8 Å². The molecule has 3 atom stereocenters. The van der Waals surface area contributed by atoms with Crippen LogP contribution >= 0.6 is 0 Å². The molecule has 0 fully saturated rings. The van der Waals surface area contributed by atoms with Crippen molar-refractivity contribution >= 4 is 17.8 Å². The standard InChI is InChI=1S/C24H27N5O5/c25-19(10-16-6-8-18(30)9-7-16)22(31)28-20(11-15-4-2-1-3-5-15)23(32)29-21(24(33)34)12-17-13-26-14-27-17/h1-9,13-14,19-21,30H,10-12,25H2,(H,26,27)(H,28,31)(H,29,32)(H,33,34)/t19-,20-,21-/m0/s1. The molecule has 10 nitrogen and oxygen atoms in total. The molecule has 34 heavy (non-hydrogen) atoms. The van der Waals surface area contributed by atoms with Gasteiger partial charge in [-0.15, -0.1) is 0 Å². The lowest BCUT2D eigenvalue weighted by atomic mass is 10.0. The second-order valence-corrected chi connectivity index (χ2v) is 7.91. The Balaban J connectivity index is 1.71. The molecule has 1 heterocycles. The third-order valence-corrected chi connectivity index (χ3v) is 5.24. The monoisotopic (exact) mass is 465 g/mol.